The van der Waals surface area contributed by atoms with Crippen molar-refractivity contribution in [3.05, 3.63) is 194 Å². The average molecular weight is 741 g/mol. The first-order valence-corrected chi connectivity index (χ1v) is 19.8. The molecule has 0 saturated carbocycles. The van der Waals surface area contributed by atoms with Crippen LogP contribution in [0.5, 0.6) is 0 Å². The third-order valence-electron chi connectivity index (χ3n) is 12.1. The van der Waals surface area contributed by atoms with Crippen molar-refractivity contribution >= 4 is 87.5 Å². The highest BCUT2D eigenvalue weighted by molar-refractivity contribution is 6.19. The predicted octanol–water partition coefficient (Wildman–Crippen LogP) is 15.0. The first kappa shape index (κ1) is 31.4. The summed E-state index contributed by atoms with van der Waals surface area (Å²) in [7, 11) is 0. The molecule has 0 amide bonds. The Balaban J connectivity index is 0.956. The lowest BCUT2D eigenvalue weighted by Gasteiger charge is -2.08. The number of nitrogens with zero attached hydrogens (tertiary/aromatic N) is 2. The molecule has 0 unspecified atom stereocenters. The molecule has 4 heteroatoms. The Bertz CT molecular complexity index is 3540. The first-order chi connectivity index (χ1) is 28.8. The van der Waals surface area contributed by atoms with Gasteiger partial charge in [-0.3, -0.25) is 0 Å². The van der Waals surface area contributed by atoms with Crippen molar-refractivity contribution in [2.75, 3.05) is 0 Å². The molecule has 0 fully saturated rings. The molecule has 13 rings (SSSR count). The Morgan fingerprint density at radius 1 is 0.276 bits per heavy atom. The van der Waals surface area contributed by atoms with Gasteiger partial charge in [0.25, 0.3) is 0 Å². The topological polar surface area (TPSA) is 36.1 Å². The van der Waals surface area contributed by atoms with Crippen LogP contribution in [-0.2, 0) is 0 Å². The van der Waals surface area contributed by atoms with Crippen molar-refractivity contribution in [2.45, 2.75) is 0 Å². The van der Waals surface area contributed by atoms with Crippen molar-refractivity contribution < 1.29 is 8.83 Å². The Labute approximate surface area is 332 Å². The van der Waals surface area contributed by atoms with E-state index in [9.17, 15) is 0 Å². The minimum Gasteiger partial charge on any atom is -0.455 e. The summed E-state index contributed by atoms with van der Waals surface area (Å²) >= 11 is 0. The van der Waals surface area contributed by atoms with Crippen molar-refractivity contribution in [3.63, 3.8) is 0 Å². The lowest BCUT2D eigenvalue weighted by atomic mass is 9.99. The van der Waals surface area contributed by atoms with E-state index in [4.69, 9.17) is 8.83 Å². The molecule has 13 aromatic rings. The van der Waals surface area contributed by atoms with Gasteiger partial charge in [-0.2, -0.15) is 0 Å². The molecule has 58 heavy (non-hydrogen) atoms. The lowest BCUT2D eigenvalue weighted by Crippen LogP contribution is -1.92. The monoisotopic (exact) mass is 740 g/mol. The highest BCUT2D eigenvalue weighted by Gasteiger charge is 2.20. The maximum atomic E-state index is 6.79. The van der Waals surface area contributed by atoms with Crippen LogP contribution in [0, 0.1) is 0 Å². The van der Waals surface area contributed by atoms with Crippen LogP contribution in [0.1, 0.15) is 0 Å². The molecule has 0 spiro atoms. The summed E-state index contributed by atoms with van der Waals surface area (Å²) in [6, 6.07) is 69.4. The minimum atomic E-state index is 0.812. The van der Waals surface area contributed by atoms with E-state index in [1.165, 1.54) is 43.6 Å². The van der Waals surface area contributed by atoms with E-state index in [-0.39, 0.29) is 0 Å². The van der Waals surface area contributed by atoms with Crippen molar-refractivity contribution in [1.29, 1.82) is 0 Å². The van der Waals surface area contributed by atoms with Crippen LogP contribution in [0.25, 0.3) is 121 Å². The molecular formula is C54H32N2O2. The quantitative estimate of drug-likeness (QED) is 0.180. The van der Waals surface area contributed by atoms with Gasteiger partial charge in [-0.25, -0.2) is 0 Å². The molecule has 0 saturated heterocycles. The normalized spacial score (nSPS) is 12.1. The number of aromatic nitrogens is 2. The van der Waals surface area contributed by atoms with Crippen LogP contribution in [0.2, 0.25) is 0 Å². The van der Waals surface area contributed by atoms with Gasteiger partial charge in [0.2, 0.25) is 0 Å². The Morgan fingerprint density at radius 2 is 0.690 bits per heavy atom. The largest absolute Gasteiger partial charge is 0.455 e. The van der Waals surface area contributed by atoms with Crippen LogP contribution in [0.15, 0.2) is 203 Å². The Morgan fingerprint density at radius 3 is 1.17 bits per heavy atom. The molecular weight excluding hydrogens is 709 g/mol. The molecule has 0 N–H and O–H groups in total. The number of hydrogen-bond acceptors (Lipinski definition) is 2. The highest BCUT2D eigenvalue weighted by Crippen LogP contribution is 2.44. The Kier molecular flexibility index (Phi) is 6.41. The zero-order valence-corrected chi connectivity index (χ0v) is 31.2. The fourth-order valence-electron chi connectivity index (χ4n) is 9.54. The Hall–Kier alpha value is -7.82. The second-order valence-corrected chi connectivity index (χ2v) is 15.3. The van der Waals surface area contributed by atoms with Crippen molar-refractivity contribution in [1.82, 2.24) is 9.13 Å². The third-order valence-corrected chi connectivity index (χ3v) is 12.1. The van der Waals surface area contributed by atoms with Crippen LogP contribution < -0.4 is 0 Å². The van der Waals surface area contributed by atoms with E-state index in [2.05, 4.69) is 203 Å². The van der Waals surface area contributed by atoms with Gasteiger partial charge in [-0.15, -0.1) is 0 Å². The van der Waals surface area contributed by atoms with Crippen LogP contribution in [0.4, 0.5) is 0 Å². The summed E-state index contributed by atoms with van der Waals surface area (Å²) in [6.45, 7) is 0. The van der Waals surface area contributed by atoms with Crippen molar-refractivity contribution in [2.24, 2.45) is 0 Å². The molecule has 0 aliphatic rings. The SMILES string of the molecule is c1ccc(-n2c3ccccc3c3cc(-c4cccc5c4oc4cc6oc7c(-c8ccc9c(c8)c8ccccc8n9-c8ccccc8)cccc7c6cc45)ccc32)cc1. The smallest absolute Gasteiger partial charge is 0.143 e. The summed E-state index contributed by atoms with van der Waals surface area (Å²) in [5.74, 6) is 0. The summed E-state index contributed by atoms with van der Waals surface area (Å²) in [4.78, 5) is 0. The van der Waals surface area contributed by atoms with Gasteiger partial charge in [-0.1, -0.05) is 121 Å². The molecule has 0 bridgehead atoms. The van der Waals surface area contributed by atoms with Crippen LogP contribution in [-0.4, -0.2) is 9.13 Å². The molecule has 9 aromatic carbocycles. The molecule has 270 valence electrons. The fraction of sp³-hybridized carbons (Fsp3) is 0. The van der Waals surface area contributed by atoms with Crippen LogP contribution >= 0.6 is 0 Å². The standard InChI is InChI=1S/C54H32N2O2/c1-3-13-35(14-4-1)55-47-23-9-7-17-39(47)43-29-33(25-27-49(43)55)37-19-11-21-41-45-31-46-42-22-12-20-38(54(42)58-52(46)32-51(45)57-53(37)41)34-26-28-50-44(30-34)40-18-8-10-24-48(40)56(50)36-15-5-2-6-16-36/h1-32H. The van der Waals surface area contributed by atoms with E-state index in [1.54, 1.807) is 0 Å². The molecule has 0 aliphatic carbocycles. The maximum absolute atomic E-state index is 6.79. The van der Waals surface area contributed by atoms with Gasteiger partial charge in [0, 0.05) is 71.7 Å². The van der Waals surface area contributed by atoms with E-state index in [0.717, 1.165) is 77.5 Å². The summed E-state index contributed by atoms with van der Waals surface area (Å²) in [6.07, 6.45) is 0. The van der Waals surface area contributed by atoms with Gasteiger partial charge in [0.15, 0.2) is 0 Å². The first-order valence-electron chi connectivity index (χ1n) is 19.8. The van der Waals surface area contributed by atoms with E-state index in [0.29, 0.717) is 0 Å². The predicted molar refractivity (Wildman–Crippen MR) is 241 cm³/mol. The second kappa shape index (κ2) is 11.8. The number of rotatable bonds is 4. The minimum absolute atomic E-state index is 0.812. The summed E-state index contributed by atoms with van der Waals surface area (Å²) in [5, 5.41) is 9.22. The van der Waals surface area contributed by atoms with Gasteiger partial charge in [0.1, 0.15) is 22.3 Å². The number of benzene rings is 9. The molecule has 0 aliphatic heterocycles. The zero-order chi connectivity index (χ0) is 37.9. The molecule has 4 nitrogen and oxygen atoms in total. The fourth-order valence-corrected chi connectivity index (χ4v) is 9.54. The van der Waals surface area contributed by atoms with Gasteiger partial charge >= 0.3 is 0 Å². The van der Waals surface area contributed by atoms with Gasteiger partial charge < -0.3 is 18.0 Å². The van der Waals surface area contributed by atoms with E-state index < -0.39 is 0 Å². The summed E-state index contributed by atoms with van der Waals surface area (Å²) in [5.41, 5.74) is 14.8. The molecule has 4 heterocycles. The average Bonchev–Trinajstić information content (AvgIpc) is 4.03. The number of hydrogen-bond donors (Lipinski definition) is 0. The molecule has 4 aromatic heterocycles. The maximum Gasteiger partial charge on any atom is 0.143 e. The lowest BCUT2D eigenvalue weighted by molar-refractivity contribution is 0.657. The number of fused-ring (bicyclic) bond motifs is 12. The van der Waals surface area contributed by atoms with E-state index in [1.807, 2.05) is 0 Å². The number of furan rings is 2. The van der Waals surface area contributed by atoms with Gasteiger partial charge in [-0.05, 0) is 77.9 Å². The van der Waals surface area contributed by atoms with Crippen LogP contribution in [0.3, 0.4) is 0 Å². The number of para-hydroxylation sites is 6. The highest BCUT2D eigenvalue weighted by atomic mass is 16.3. The van der Waals surface area contributed by atoms with Crippen molar-refractivity contribution in [3.8, 4) is 33.6 Å². The summed E-state index contributed by atoms with van der Waals surface area (Å²) < 4.78 is 18.3. The van der Waals surface area contributed by atoms with E-state index >= 15 is 0 Å². The third kappa shape index (κ3) is 4.40. The molecule has 0 atom stereocenters. The molecule has 0 radical (unpaired) electrons. The second-order valence-electron chi connectivity index (χ2n) is 15.3. The zero-order valence-electron chi connectivity index (χ0n) is 31.2. The van der Waals surface area contributed by atoms with Gasteiger partial charge in [0.05, 0.1) is 22.1 Å².